The third-order valence-corrected chi connectivity index (χ3v) is 3.74. The van der Waals surface area contributed by atoms with Gasteiger partial charge in [0, 0.05) is 32.1 Å². The average molecular weight is 298 g/mol. The van der Waals surface area contributed by atoms with E-state index in [1.807, 2.05) is 24.4 Å². The van der Waals surface area contributed by atoms with Crippen molar-refractivity contribution in [3.8, 4) is 5.75 Å². The van der Waals surface area contributed by atoms with E-state index in [1.165, 1.54) is 11.1 Å². The zero-order valence-electron chi connectivity index (χ0n) is 12.7. The van der Waals surface area contributed by atoms with E-state index >= 15 is 0 Å². The molecule has 22 heavy (non-hydrogen) atoms. The van der Waals surface area contributed by atoms with Crippen LogP contribution in [0, 0.1) is 0 Å². The van der Waals surface area contributed by atoms with Crippen LogP contribution in [0.5, 0.6) is 5.75 Å². The molecule has 1 aromatic heterocycles. The first-order valence-electron chi connectivity index (χ1n) is 7.83. The highest BCUT2D eigenvalue weighted by Crippen LogP contribution is 2.17. The first kappa shape index (κ1) is 15.0. The number of benzene rings is 1. The van der Waals surface area contributed by atoms with Crippen LogP contribution in [0.15, 0.2) is 48.8 Å². The molecule has 2 heterocycles. The zero-order valence-corrected chi connectivity index (χ0v) is 12.7. The van der Waals surface area contributed by atoms with Crippen LogP contribution in [0.25, 0.3) is 0 Å². The van der Waals surface area contributed by atoms with Gasteiger partial charge in [-0.2, -0.15) is 0 Å². The van der Waals surface area contributed by atoms with Gasteiger partial charge in [-0.15, -0.1) is 0 Å². The molecule has 0 bridgehead atoms. The lowest BCUT2D eigenvalue weighted by Crippen LogP contribution is -2.16. The SMILES string of the molecule is c1cncc(CNCc2cccc(OCC3CCCO3)c2)c1. The van der Waals surface area contributed by atoms with Crippen molar-refractivity contribution in [1.29, 1.82) is 0 Å². The van der Waals surface area contributed by atoms with Gasteiger partial charge < -0.3 is 14.8 Å². The molecule has 4 nitrogen and oxygen atoms in total. The summed E-state index contributed by atoms with van der Waals surface area (Å²) in [5, 5.41) is 3.42. The second kappa shape index (κ2) is 7.92. The van der Waals surface area contributed by atoms with Crippen molar-refractivity contribution in [2.75, 3.05) is 13.2 Å². The van der Waals surface area contributed by atoms with Gasteiger partial charge in [0.15, 0.2) is 0 Å². The molecule has 1 aromatic carbocycles. The summed E-state index contributed by atoms with van der Waals surface area (Å²) in [5.74, 6) is 0.913. The smallest absolute Gasteiger partial charge is 0.119 e. The Hall–Kier alpha value is -1.91. The Morgan fingerprint density at radius 2 is 2.09 bits per heavy atom. The van der Waals surface area contributed by atoms with Gasteiger partial charge >= 0.3 is 0 Å². The van der Waals surface area contributed by atoms with E-state index in [4.69, 9.17) is 9.47 Å². The summed E-state index contributed by atoms with van der Waals surface area (Å²) in [5.41, 5.74) is 2.40. The Morgan fingerprint density at radius 1 is 1.18 bits per heavy atom. The molecule has 1 N–H and O–H groups in total. The maximum absolute atomic E-state index is 5.83. The summed E-state index contributed by atoms with van der Waals surface area (Å²) in [6.07, 6.45) is 6.18. The van der Waals surface area contributed by atoms with Crippen LogP contribution in [-0.2, 0) is 17.8 Å². The lowest BCUT2D eigenvalue weighted by atomic mass is 10.2. The van der Waals surface area contributed by atoms with Gasteiger partial charge in [-0.25, -0.2) is 0 Å². The standard InChI is InChI=1S/C18H22N2O2/c1-4-15(11-20-13-16-5-2-8-19-12-16)10-17(6-1)22-14-18-7-3-9-21-18/h1-2,4-6,8,10,12,18,20H,3,7,9,11,13-14H2. The molecule has 1 unspecified atom stereocenters. The summed E-state index contributed by atoms with van der Waals surface area (Å²) in [4.78, 5) is 4.11. The molecule has 0 aliphatic carbocycles. The van der Waals surface area contributed by atoms with E-state index in [2.05, 4.69) is 28.5 Å². The number of rotatable bonds is 7. The van der Waals surface area contributed by atoms with Crippen molar-refractivity contribution >= 4 is 0 Å². The van der Waals surface area contributed by atoms with E-state index in [1.54, 1.807) is 6.20 Å². The molecule has 0 radical (unpaired) electrons. The van der Waals surface area contributed by atoms with Crippen molar-refractivity contribution in [1.82, 2.24) is 10.3 Å². The molecular formula is C18H22N2O2. The summed E-state index contributed by atoms with van der Waals surface area (Å²) in [7, 11) is 0. The predicted octanol–water partition coefficient (Wildman–Crippen LogP) is 2.93. The Labute approximate surface area is 131 Å². The number of hydrogen-bond acceptors (Lipinski definition) is 4. The molecule has 1 aliphatic heterocycles. The van der Waals surface area contributed by atoms with Crippen molar-refractivity contribution in [3.63, 3.8) is 0 Å². The number of ether oxygens (including phenoxy) is 2. The molecule has 116 valence electrons. The van der Waals surface area contributed by atoms with E-state index in [-0.39, 0.29) is 6.10 Å². The van der Waals surface area contributed by atoms with Crippen LogP contribution in [0.1, 0.15) is 24.0 Å². The molecule has 1 saturated heterocycles. The van der Waals surface area contributed by atoms with Gasteiger partial charge in [-0.05, 0) is 42.2 Å². The lowest BCUT2D eigenvalue weighted by Gasteiger charge is -2.12. The highest BCUT2D eigenvalue weighted by molar-refractivity contribution is 5.28. The van der Waals surface area contributed by atoms with Crippen LogP contribution in [-0.4, -0.2) is 24.3 Å². The molecule has 0 spiro atoms. The molecule has 2 aromatic rings. The van der Waals surface area contributed by atoms with Crippen LogP contribution in [0.4, 0.5) is 0 Å². The van der Waals surface area contributed by atoms with E-state index in [0.29, 0.717) is 6.61 Å². The minimum Gasteiger partial charge on any atom is -0.491 e. The Balaban J connectivity index is 1.46. The van der Waals surface area contributed by atoms with Crippen molar-refractivity contribution in [2.45, 2.75) is 32.0 Å². The maximum Gasteiger partial charge on any atom is 0.119 e. The van der Waals surface area contributed by atoms with Crippen LogP contribution in [0.2, 0.25) is 0 Å². The van der Waals surface area contributed by atoms with Gasteiger partial charge in [-0.1, -0.05) is 18.2 Å². The molecule has 1 atom stereocenters. The number of hydrogen-bond donors (Lipinski definition) is 1. The van der Waals surface area contributed by atoms with E-state index in [9.17, 15) is 0 Å². The Morgan fingerprint density at radius 3 is 2.91 bits per heavy atom. The maximum atomic E-state index is 5.83. The molecule has 1 aliphatic rings. The van der Waals surface area contributed by atoms with E-state index < -0.39 is 0 Å². The fourth-order valence-electron chi connectivity index (χ4n) is 2.56. The fourth-order valence-corrected chi connectivity index (χ4v) is 2.56. The molecule has 0 saturated carbocycles. The Kier molecular flexibility index (Phi) is 5.40. The Bertz CT molecular complexity index is 568. The van der Waals surface area contributed by atoms with Gasteiger partial charge in [0.05, 0.1) is 6.10 Å². The van der Waals surface area contributed by atoms with Gasteiger partial charge in [-0.3, -0.25) is 4.98 Å². The molecule has 0 amide bonds. The summed E-state index contributed by atoms with van der Waals surface area (Å²) in [6.45, 7) is 3.14. The largest absolute Gasteiger partial charge is 0.491 e. The molecule has 1 fully saturated rings. The predicted molar refractivity (Wildman–Crippen MR) is 85.7 cm³/mol. The van der Waals surface area contributed by atoms with Gasteiger partial charge in [0.1, 0.15) is 12.4 Å². The van der Waals surface area contributed by atoms with E-state index in [0.717, 1.165) is 38.3 Å². The van der Waals surface area contributed by atoms with Crippen LogP contribution >= 0.6 is 0 Å². The molecule has 3 rings (SSSR count). The summed E-state index contributed by atoms with van der Waals surface area (Å²) >= 11 is 0. The highest BCUT2D eigenvalue weighted by Gasteiger charge is 2.15. The normalized spacial score (nSPS) is 17.5. The first-order chi connectivity index (χ1) is 10.9. The number of pyridine rings is 1. The summed E-state index contributed by atoms with van der Waals surface area (Å²) < 4.78 is 11.4. The third kappa shape index (κ3) is 4.55. The van der Waals surface area contributed by atoms with Crippen molar-refractivity contribution < 1.29 is 9.47 Å². The zero-order chi connectivity index (χ0) is 15.0. The van der Waals surface area contributed by atoms with Crippen LogP contribution < -0.4 is 10.1 Å². The minimum absolute atomic E-state index is 0.257. The topological polar surface area (TPSA) is 43.4 Å². The number of aromatic nitrogens is 1. The van der Waals surface area contributed by atoms with Gasteiger partial charge in [0.2, 0.25) is 0 Å². The average Bonchev–Trinajstić information content (AvgIpc) is 3.08. The second-order valence-electron chi connectivity index (χ2n) is 5.56. The quantitative estimate of drug-likeness (QED) is 0.853. The van der Waals surface area contributed by atoms with Crippen molar-refractivity contribution in [2.24, 2.45) is 0 Å². The number of nitrogens with zero attached hydrogens (tertiary/aromatic N) is 1. The number of nitrogens with one attached hydrogen (secondary N) is 1. The fraction of sp³-hybridized carbons (Fsp3) is 0.389. The van der Waals surface area contributed by atoms with Gasteiger partial charge in [0.25, 0.3) is 0 Å². The second-order valence-corrected chi connectivity index (χ2v) is 5.56. The minimum atomic E-state index is 0.257. The first-order valence-corrected chi connectivity index (χ1v) is 7.83. The summed E-state index contributed by atoms with van der Waals surface area (Å²) in [6, 6.07) is 12.3. The molecular weight excluding hydrogens is 276 g/mol. The third-order valence-electron chi connectivity index (χ3n) is 3.74. The highest BCUT2D eigenvalue weighted by atomic mass is 16.5. The van der Waals surface area contributed by atoms with Crippen molar-refractivity contribution in [3.05, 3.63) is 59.9 Å². The van der Waals surface area contributed by atoms with Crippen LogP contribution in [0.3, 0.4) is 0 Å². The lowest BCUT2D eigenvalue weighted by molar-refractivity contribution is 0.0679. The monoisotopic (exact) mass is 298 g/mol. The molecule has 4 heteroatoms.